The molecule has 3 heterocycles. The van der Waals surface area contributed by atoms with Gasteiger partial charge in [0.2, 0.25) is 0 Å². The molecule has 2 aliphatic heterocycles. The van der Waals surface area contributed by atoms with Gasteiger partial charge < -0.3 is 9.55 Å². The Bertz CT molecular complexity index is 1240. The molecule has 27 heavy (non-hydrogen) atoms. The van der Waals surface area contributed by atoms with Gasteiger partial charge in [-0.25, -0.2) is 19.3 Å². The van der Waals surface area contributed by atoms with E-state index in [-0.39, 0.29) is 5.82 Å². The highest BCUT2D eigenvalue weighted by Gasteiger charge is 2.15. The number of aromatic nitrogens is 5. The molecule has 132 valence electrons. The van der Waals surface area contributed by atoms with Crippen LogP contribution in [0.4, 0.5) is 4.39 Å². The molecule has 3 aromatic rings. The van der Waals surface area contributed by atoms with Crippen LogP contribution in [0.3, 0.4) is 0 Å². The Labute approximate surface area is 154 Å². The molecule has 1 N–H and O–H groups in total. The summed E-state index contributed by atoms with van der Waals surface area (Å²) in [5, 5.41) is 0. The van der Waals surface area contributed by atoms with E-state index in [9.17, 15) is 4.39 Å². The minimum absolute atomic E-state index is 0.321. The molecule has 5 nitrogen and oxygen atoms in total. The van der Waals surface area contributed by atoms with Crippen molar-refractivity contribution >= 4 is 11.0 Å². The summed E-state index contributed by atoms with van der Waals surface area (Å²) < 4.78 is 16.0. The fourth-order valence-corrected chi connectivity index (χ4v) is 3.24. The Morgan fingerprint density at radius 3 is 2.74 bits per heavy atom. The largest absolute Gasteiger partial charge is 0.344 e. The van der Waals surface area contributed by atoms with Crippen molar-refractivity contribution in [1.29, 1.82) is 0 Å². The second kappa shape index (κ2) is 6.02. The van der Waals surface area contributed by atoms with Gasteiger partial charge in [0.1, 0.15) is 17.3 Å². The Morgan fingerprint density at radius 2 is 1.85 bits per heavy atom. The summed E-state index contributed by atoms with van der Waals surface area (Å²) in [6.45, 7) is 2.65. The third kappa shape index (κ3) is 2.85. The van der Waals surface area contributed by atoms with Crippen LogP contribution in [-0.4, -0.2) is 24.5 Å². The van der Waals surface area contributed by atoms with Crippen LogP contribution in [-0.2, 0) is 6.54 Å². The predicted octanol–water partition coefficient (Wildman–Crippen LogP) is 4.42. The number of nitrogens with one attached hydrogen (secondary N) is 1. The Kier molecular flexibility index (Phi) is 3.50. The number of rotatable bonds is 3. The highest BCUT2D eigenvalue weighted by atomic mass is 19.1. The zero-order valence-electron chi connectivity index (χ0n) is 14.6. The molecule has 0 radical (unpaired) electrons. The van der Waals surface area contributed by atoms with E-state index in [0.717, 1.165) is 28.2 Å². The second-order valence-corrected chi connectivity index (χ2v) is 6.62. The normalized spacial score (nSPS) is 11.5. The first kappa shape index (κ1) is 15.7. The Morgan fingerprint density at radius 1 is 1.00 bits per heavy atom. The molecule has 5 rings (SSSR count). The number of aromatic amines is 1. The Hall–Kier alpha value is -3.54. The van der Waals surface area contributed by atoms with Gasteiger partial charge in [0.15, 0.2) is 5.82 Å². The minimum atomic E-state index is -0.321. The smallest absolute Gasteiger partial charge is 0.163 e. The molecule has 0 saturated heterocycles. The monoisotopic (exact) mass is 357 g/mol. The number of halogens is 1. The van der Waals surface area contributed by atoms with Crippen LogP contribution in [0, 0.1) is 12.7 Å². The van der Waals surface area contributed by atoms with Gasteiger partial charge in [-0.3, -0.25) is 0 Å². The number of benzene rings is 2. The van der Waals surface area contributed by atoms with Crippen molar-refractivity contribution in [3.05, 3.63) is 78.1 Å². The molecule has 6 heteroatoms. The van der Waals surface area contributed by atoms with Crippen molar-refractivity contribution < 1.29 is 4.39 Å². The molecule has 0 aliphatic carbocycles. The average Bonchev–Trinajstić information content (AvgIpc) is 3.24. The van der Waals surface area contributed by atoms with Gasteiger partial charge in [0.25, 0.3) is 0 Å². The quantitative estimate of drug-likeness (QED) is 0.520. The molecule has 1 aromatic heterocycles. The van der Waals surface area contributed by atoms with E-state index in [4.69, 9.17) is 0 Å². The third-order valence-electron chi connectivity index (χ3n) is 4.56. The number of imidazole rings is 2. The summed E-state index contributed by atoms with van der Waals surface area (Å²) >= 11 is 0. The number of aryl methyl sites for hydroxylation is 1. The molecule has 0 bridgehead atoms. The molecule has 0 saturated carbocycles. The standard InChI is InChI=1S/C21H16FN5/c1-13-6-7-16-18(10-13)24-20(23-16)12-27-9-8-17-19(11-27)26-21(25-17)14-4-2-3-5-15(14)22/h2-11H,12H2,1H3,(H,23,24). The van der Waals surface area contributed by atoms with Crippen LogP contribution in [0.2, 0.25) is 0 Å². The van der Waals surface area contributed by atoms with Crippen molar-refractivity contribution in [2.45, 2.75) is 13.5 Å². The lowest BCUT2D eigenvalue weighted by Crippen LogP contribution is -2.02. The molecule has 0 spiro atoms. The molecule has 2 aromatic carbocycles. The van der Waals surface area contributed by atoms with Crippen molar-refractivity contribution in [1.82, 2.24) is 24.5 Å². The second-order valence-electron chi connectivity index (χ2n) is 6.62. The Balaban J connectivity index is 1.49. The lowest BCUT2D eigenvalue weighted by Gasteiger charge is -2.05. The van der Waals surface area contributed by atoms with Gasteiger partial charge in [-0.2, -0.15) is 0 Å². The summed E-state index contributed by atoms with van der Waals surface area (Å²) in [7, 11) is 0. The number of hydrogen-bond acceptors (Lipinski definition) is 3. The summed E-state index contributed by atoms with van der Waals surface area (Å²) in [5.74, 6) is 0.951. The number of H-pyrrole nitrogens is 1. The number of nitrogens with zero attached hydrogens (tertiary/aromatic N) is 4. The van der Waals surface area contributed by atoms with Gasteiger partial charge >= 0.3 is 0 Å². The molecule has 0 atom stereocenters. The summed E-state index contributed by atoms with van der Waals surface area (Å²) in [6, 6.07) is 14.6. The lowest BCUT2D eigenvalue weighted by atomic mass is 10.2. The van der Waals surface area contributed by atoms with E-state index < -0.39 is 0 Å². The molecule has 0 fully saturated rings. The minimum Gasteiger partial charge on any atom is -0.344 e. The average molecular weight is 357 g/mol. The SMILES string of the molecule is Cc1ccc2nc(Cn3ccc4nc(-c5ccccc5F)nc-4c3)[nH]c2c1. The zero-order chi connectivity index (χ0) is 18.4. The molecular weight excluding hydrogens is 341 g/mol. The van der Waals surface area contributed by atoms with E-state index in [1.165, 1.54) is 11.6 Å². The highest BCUT2D eigenvalue weighted by molar-refractivity contribution is 5.75. The number of fused-ring (bicyclic) bond motifs is 2. The maximum atomic E-state index is 14.0. The van der Waals surface area contributed by atoms with E-state index in [2.05, 4.69) is 39.0 Å². The summed E-state index contributed by atoms with van der Waals surface area (Å²) in [5.41, 5.74) is 5.05. The van der Waals surface area contributed by atoms with Gasteiger partial charge in [0.05, 0.1) is 28.8 Å². The van der Waals surface area contributed by atoms with Crippen molar-refractivity contribution in [2.24, 2.45) is 0 Å². The molecule has 0 unspecified atom stereocenters. The van der Waals surface area contributed by atoms with Gasteiger partial charge in [-0.1, -0.05) is 18.2 Å². The van der Waals surface area contributed by atoms with E-state index >= 15 is 0 Å². The van der Waals surface area contributed by atoms with Crippen LogP contribution in [0.25, 0.3) is 33.8 Å². The highest BCUT2D eigenvalue weighted by Crippen LogP contribution is 2.26. The van der Waals surface area contributed by atoms with Crippen molar-refractivity contribution in [2.75, 3.05) is 0 Å². The molecular formula is C21H16FN5. The van der Waals surface area contributed by atoms with Gasteiger partial charge in [0, 0.05) is 12.4 Å². The van der Waals surface area contributed by atoms with E-state index in [1.54, 1.807) is 18.2 Å². The first-order valence-corrected chi connectivity index (χ1v) is 8.69. The van der Waals surface area contributed by atoms with Crippen LogP contribution < -0.4 is 0 Å². The summed E-state index contributed by atoms with van der Waals surface area (Å²) in [4.78, 5) is 16.9. The fraction of sp³-hybridized carbons (Fsp3) is 0.0952. The zero-order valence-corrected chi connectivity index (χ0v) is 14.6. The topological polar surface area (TPSA) is 59.4 Å². The van der Waals surface area contributed by atoms with E-state index in [0.29, 0.717) is 17.9 Å². The fourth-order valence-electron chi connectivity index (χ4n) is 3.24. The molecule has 0 amide bonds. The third-order valence-corrected chi connectivity index (χ3v) is 4.56. The summed E-state index contributed by atoms with van der Waals surface area (Å²) in [6.07, 6.45) is 3.84. The first-order valence-electron chi connectivity index (χ1n) is 8.69. The number of hydrogen-bond donors (Lipinski definition) is 1. The van der Waals surface area contributed by atoms with E-state index in [1.807, 2.05) is 29.1 Å². The van der Waals surface area contributed by atoms with Crippen LogP contribution in [0.15, 0.2) is 60.9 Å². The van der Waals surface area contributed by atoms with Crippen LogP contribution in [0.1, 0.15) is 11.4 Å². The van der Waals surface area contributed by atoms with Crippen LogP contribution >= 0.6 is 0 Å². The van der Waals surface area contributed by atoms with Crippen molar-refractivity contribution in [3.8, 4) is 22.8 Å². The first-order chi connectivity index (χ1) is 13.2. The number of pyridine rings is 1. The predicted molar refractivity (Wildman–Crippen MR) is 102 cm³/mol. The lowest BCUT2D eigenvalue weighted by molar-refractivity contribution is 0.630. The van der Waals surface area contributed by atoms with Gasteiger partial charge in [-0.05, 0) is 42.8 Å². The molecule has 2 aliphatic rings. The maximum Gasteiger partial charge on any atom is 0.163 e. The maximum absolute atomic E-state index is 14.0. The van der Waals surface area contributed by atoms with Crippen LogP contribution in [0.5, 0.6) is 0 Å². The van der Waals surface area contributed by atoms with Crippen molar-refractivity contribution in [3.63, 3.8) is 0 Å². The van der Waals surface area contributed by atoms with Gasteiger partial charge in [-0.15, -0.1) is 0 Å².